The van der Waals surface area contributed by atoms with Crippen molar-refractivity contribution in [2.24, 2.45) is 10.4 Å². The van der Waals surface area contributed by atoms with Gasteiger partial charge >= 0.3 is 0 Å². The molecule has 0 spiro atoms. The van der Waals surface area contributed by atoms with Crippen LogP contribution in [-0.2, 0) is 9.53 Å². The number of nitrogens with zero attached hydrogens (tertiary/aromatic N) is 1. The molecule has 140 valence electrons. The van der Waals surface area contributed by atoms with Crippen molar-refractivity contribution in [2.75, 3.05) is 33.4 Å². The first-order valence-electron chi connectivity index (χ1n) is 8.98. The van der Waals surface area contributed by atoms with E-state index >= 15 is 0 Å². The molecule has 0 bridgehead atoms. The third kappa shape index (κ3) is 7.55. The van der Waals surface area contributed by atoms with Gasteiger partial charge < -0.3 is 20.7 Å². The van der Waals surface area contributed by atoms with Gasteiger partial charge in [-0.3, -0.25) is 4.79 Å². The zero-order chi connectivity index (χ0) is 16.5. The molecule has 2 saturated carbocycles. The maximum absolute atomic E-state index is 11.8. The molecule has 6 nitrogen and oxygen atoms in total. The van der Waals surface area contributed by atoms with Gasteiger partial charge in [0.2, 0.25) is 5.91 Å². The van der Waals surface area contributed by atoms with Gasteiger partial charge in [-0.1, -0.05) is 12.8 Å². The molecule has 2 fully saturated rings. The largest absolute Gasteiger partial charge is 0.385 e. The molecule has 3 N–H and O–H groups in total. The van der Waals surface area contributed by atoms with Crippen LogP contribution >= 0.6 is 24.0 Å². The van der Waals surface area contributed by atoms with Crippen molar-refractivity contribution in [2.45, 2.75) is 57.9 Å². The number of guanidine groups is 1. The summed E-state index contributed by atoms with van der Waals surface area (Å²) in [6.07, 6.45) is 8.37. The summed E-state index contributed by atoms with van der Waals surface area (Å²) < 4.78 is 5.28. The van der Waals surface area contributed by atoms with Gasteiger partial charge in [0.15, 0.2) is 5.96 Å². The van der Waals surface area contributed by atoms with Crippen molar-refractivity contribution in [1.82, 2.24) is 16.0 Å². The van der Waals surface area contributed by atoms with Gasteiger partial charge in [-0.2, -0.15) is 0 Å². The SMILES string of the molecule is CCNC(=NCC(=O)NC1CC1)NCC1(CCOC)CCCC1.I. The number of ether oxygens (including phenoxy) is 1. The Labute approximate surface area is 163 Å². The molecule has 0 atom stereocenters. The van der Waals surface area contributed by atoms with Gasteiger partial charge in [0.05, 0.1) is 0 Å². The zero-order valence-corrected chi connectivity index (χ0v) is 17.4. The zero-order valence-electron chi connectivity index (χ0n) is 15.0. The summed E-state index contributed by atoms with van der Waals surface area (Å²) in [6.45, 7) is 4.72. The van der Waals surface area contributed by atoms with E-state index in [9.17, 15) is 4.79 Å². The monoisotopic (exact) mass is 452 g/mol. The molecule has 2 aliphatic carbocycles. The van der Waals surface area contributed by atoms with E-state index in [2.05, 4.69) is 20.9 Å². The summed E-state index contributed by atoms with van der Waals surface area (Å²) >= 11 is 0. The van der Waals surface area contributed by atoms with Crippen LogP contribution in [-0.4, -0.2) is 51.3 Å². The number of hydrogen-bond donors (Lipinski definition) is 3. The molecule has 7 heteroatoms. The number of nitrogens with one attached hydrogen (secondary N) is 3. The molecule has 0 heterocycles. The van der Waals surface area contributed by atoms with E-state index in [4.69, 9.17) is 4.74 Å². The maximum Gasteiger partial charge on any atom is 0.242 e. The Bertz CT molecular complexity index is 407. The van der Waals surface area contributed by atoms with Gasteiger partial charge in [-0.05, 0) is 44.4 Å². The molecule has 24 heavy (non-hydrogen) atoms. The predicted molar refractivity (Wildman–Crippen MR) is 108 cm³/mol. The van der Waals surface area contributed by atoms with Crippen molar-refractivity contribution in [3.8, 4) is 0 Å². The second kappa shape index (κ2) is 11.1. The van der Waals surface area contributed by atoms with Crippen molar-refractivity contribution in [3.05, 3.63) is 0 Å². The average molecular weight is 452 g/mol. The van der Waals surface area contributed by atoms with Crippen molar-refractivity contribution < 1.29 is 9.53 Å². The fourth-order valence-corrected chi connectivity index (χ4v) is 3.22. The lowest BCUT2D eigenvalue weighted by Gasteiger charge is -2.29. The third-order valence-electron chi connectivity index (χ3n) is 4.80. The highest BCUT2D eigenvalue weighted by molar-refractivity contribution is 14.0. The lowest BCUT2D eigenvalue weighted by atomic mass is 9.83. The highest BCUT2D eigenvalue weighted by Gasteiger charge is 2.33. The van der Waals surface area contributed by atoms with Crippen molar-refractivity contribution in [3.63, 3.8) is 0 Å². The first kappa shape index (κ1) is 21.5. The van der Waals surface area contributed by atoms with Crippen molar-refractivity contribution in [1.29, 1.82) is 0 Å². The van der Waals surface area contributed by atoms with Crippen LogP contribution in [0.3, 0.4) is 0 Å². The molecule has 0 aromatic heterocycles. The molecule has 0 radical (unpaired) electrons. The van der Waals surface area contributed by atoms with Gasteiger partial charge in [0.1, 0.15) is 6.54 Å². The maximum atomic E-state index is 11.8. The Balaban J connectivity index is 0.00000288. The van der Waals surface area contributed by atoms with E-state index < -0.39 is 0 Å². The summed E-state index contributed by atoms with van der Waals surface area (Å²) in [5.74, 6) is 0.752. The highest BCUT2D eigenvalue weighted by Crippen LogP contribution is 2.40. The van der Waals surface area contributed by atoms with Gasteiger partial charge in [0.25, 0.3) is 0 Å². The van der Waals surface area contributed by atoms with Crippen LogP contribution in [0.25, 0.3) is 0 Å². The first-order chi connectivity index (χ1) is 11.2. The highest BCUT2D eigenvalue weighted by atomic mass is 127. The average Bonchev–Trinajstić information content (AvgIpc) is 3.23. The van der Waals surface area contributed by atoms with E-state index in [1.807, 2.05) is 6.92 Å². The van der Waals surface area contributed by atoms with Crippen LogP contribution in [0.1, 0.15) is 51.9 Å². The molecule has 1 amide bonds. The van der Waals surface area contributed by atoms with E-state index in [0.717, 1.165) is 44.9 Å². The standard InChI is InChI=1S/C17H32N4O2.HI/c1-3-18-16(19-12-15(22)21-14-6-7-14)20-13-17(10-11-23-2)8-4-5-9-17;/h14H,3-13H2,1-2H3,(H,21,22)(H2,18,19,20);1H. The number of amides is 1. The third-order valence-corrected chi connectivity index (χ3v) is 4.80. The first-order valence-corrected chi connectivity index (χ1v) is 8.98. The molecule has 2 rings (SSSR count). The smallest absolute Gasteiger partial charge is 0.242 e. The van der Waals surface area contributed by atoms with Crippen LogP contribution < -0.4 is 16.0 Å². The van der Waals surface area contributed by atoms with E-state index in [-0.39, 0.29) is 36.4 Å². The Hall–Kier alpha value is -0.570. The normalized spacial score (nSPS) is 19.5. The van der Waals surface area contributed by atoms with Gasteiger partial charge in [-0.15, -0.1) is 24.0 Å². The van der Waals surface area contributed by atoms with Crippen LogP contribution in [0.2, 0.25) is 0 Å². The number of halogens is 1. The number of methoxy groups -OCH3 is 1. The number of carbonyl (C=O) groups excluding carboxylic acids is 1. The molecule has 0 saturated heterocycles. The van der Waals surface area contributed by atoms with E-state index in [1.54, 1.807) is 7.11 Å². The topological polar surface area (TPSA) is 74.8 Å². The van der Waals surface area contributed by atoms with Crippen LogP contribution in [0.4, 0.5) is 0 Å². The molecule has 2 aliphatic rings. The number of rotatable bonds is 9. The van der Waals surface area contributed by atoms with Crippen LogP contribution in [0, 0.1) is 5.41 Å². The minimum absolute atomic E-state index is 0. The summed E-state index contributed by atoms with van der Waals surface area (Å²) in [4.78, 5) is 16.2. The Morgan fingerprint density at radius 1 is 1.25 bits per heavy atom. The number of hydrogen-bond acceptors (Lipinski definition) is 3. The van der Waals surface area contributed by atoms with Crippen molar-refractivity contribution >= 4 is 35.8 Å². The molecule has 0 aromatic rings. The number of aliphatic imine (C=N–C) groups is 1. The van der Waals surface area contributed by atoms with E-state index in [1.165, 1.54) is 25.7 Å². The fourth-order valence-electron chi connectivity index (χ4n) is 3.22. The van der Waals surface area contributed by atoms with E-state index in [0.29, 0.717) is 11.5 Å². The fraction of sp³-hybridized carbons (Fsp3) is 0.882. The lowest BCUT2D eigenvalue weighted by molar-refractivity contribution is -0.119. The van der Waals surface area contributed by atoms with Gasteiger partial charge in [0, 0.05) is 32.8 Å². The Morgan fingerprint density at radius 2 is 1.96 bits per heavy atom. The number of carbonyl (C=O) groups is 1. The Morgan fingerprint density at radius 3 is 2.54 bits per heavy atom. The molecule has 0 aliphatic heterocycles. The van der Waals surface area contributed by atoms with Crippen LogP contribution in [0.15, 0.2) is 4.99 Å². The molecule has 0 unspecified atom stereocenters. The molecule has 0 aromatic carbocycles. The predicted octanol–water partition coefficient (Wildman–Crippen LogP) is 2.03. The summed E-state index contributed by atoms with van der Waals surface area (Å²) in [5, 5.41) is 9.64. The lowest BCUT2D eigenvalue weighted by Crippen LogP contribution is -2.44. The molecular weight excluding hydrogens is 419 g/mol. The second-order valence-electron chi connectivity index (χ2n) is 6.84. The summed E-state index contributed by atoms with van der Waals surface area (Å²) in [5.41, 5.74) is 0.308. The van der Waals surface area contributed by atoms with Crippen LogP contribution in [0.5, 0.6) is 0 Å². The Kier molecular flexibility index (Phi) is 9.95. The minimum Gasteiger partial charge on any atom is -0.385 e. The second-order valence-corrected chi connectivity index (χ2v) is 6.84. The quantitative estimate of drug-likeness (QED) is 0.285. The minimum atomic E-state index is 0. The van der Waals surface area contributed by atoms with Gasteiger partial charge in [-0.25, -0.2) is 4.99 Å². The molecular formula is C17H33IN4O2. The summed E-state index contributed by atoms with van der Waals surface area (Å²) in [7, 11) is 1.76. The summed E-state index contributed by atoms with van der Waals surface area (Å²) in [6, 6.07) is 0.393.